The zero-order chi connectivity index (χ0) is 19.9. The lowest BCUT2D eigenvalue weighted by atomic mass is 10.1. The van der Waals surface area contributed by atoms with E-state index in [2.05, 4.69) is 45.6 Å². The molecule has 0 radical (unpaired) electrons. The topological polar surface area (TPSA) is 51.3 Å². The molecule has 0 aliphatic carbocycles. The molecule has 1 aromatic carbocycles. The van der Waals surface area contributed by atoms with Crippen LogP contribution in [0.1, 0.15) is 13.8 Å². The Morgan fingerprint density at radius 1 is 1.00 bits per heavy atom. The van der Waals surface area contributed by atoms with Gasteiger partial charge in [-0.25, -0.2) is 0 Å². The number of rotatable bonds is 6. The molecule has 3 rings (SSSR count). The molecule has 7 heteroatoms. The monoisotopic (exact) mass is 406 g/mol. The van der Waals surface area contributed by atoms with E-state index in [4.69, 9.17) is 22.3 Å². The largest absolute Gasteiger partial charge is 0.370 e. The number of halogens is 1. The molecule has 1 unspecified atom stereocenters. The van der Waals surface area contributed by atoms with Gasteiger partial charge in [-0.2, -0.15) is 0 Å². The Morgan fingerprint density at radius 2 is 1.61 bits per heavy atom. The molecule has 0 aromatic heterocycles. The molecule has 0 saturated carbocycles. The van der Waals surface area contributed by atoms with Gasteiger partial charge in [0.2, 0.25) is 0 Å². The summed E-state index contributed by atoms with van der Waals surface area (Å²) in [5, 5.41) is 0.778. The Hall–Kier alpha value is -1.50. The first kappa shape index (κ1) is 21.2. The minimum atomic E-state index is 0.530. The molecular weight excluding hydrogens is 372 g/mol. The van der Waals surface area contributed by atoms with Crippen LogP contribution in [0, 0.1) is 5.92 Å². The van der Waals surface area contributed by atoms with E-state index in [-0.39, 0.29) is 0 Å². The SMILES string of the molecule is CCN1CCN(CC(C)CN=C(N)N2CCN(c3ccc(Cl)cc3)CC2)CC1. The van der Waals surface area contributed by atoms with Crippen molar-refractivity contribution < 1.29 is 0 Å². The van der Waals surface area contributed by atoms with E-state index in [1.807, 2.05) is 12.1 Å². The van der Waals surface area contributed by atoms with Crippen LogP contribution in [0.5, 0.6) is 0 Å². The van der Waals surface area contributed by atoms with Crippen molar-refractivity contribution in [3.63, 3.8) is 0 Å². The third-order valence-electron chi connectivity index (χ3n) is 5.84. The van der Waals surface area contributed by atoms with E-state index < -0.39 is 0 Å². The highest BCUT2D eigenvalue weighted by Gasteiger charge is 2.20. The molecule has 2 fully saturated rings. The van der Waals surface area contributed by atoms with Gasteiger partial charge < -0.3 is 25.3 Å². The van der Waals surface area contributed by atoms with E-state index in [1.165, 1.54) is 31.9 Å². The molecule has 0 amide bonds. The zero-order valence-electron chi connectivity index (χ0n) is 17.4. The van der Waals surface area contributed by atoms with Crippen LogP contribution in [0.25, 0.3) is 0 Å². The second-order valence-electron chi connectivity index (χ2n) is 7.99. The molecule has 2 aliphatic heterocycles. The number of nitrogens with two attached hydrogens (primary N) is 1. The molecule has 0 bridgehead atoms. The third kappa shape index (κ3) is 6.00. The van der Waals surface area contributed by atoms with Crippen LogP contribution in [-0.2, 0) is 0 Å². The summed E-state index contributed by atoms with van der Waals surface area (Å²) in [4.78, 5) is 14.4. The van der Waals surface area contributed by atoms with Gasteiger partial charge in [0.25, 0.3) is 0 Å². The van der Waals surface area contributed by atoms with Crippen LogP contribution in [0.2, 0.25) is 5.02 Å². The van der Waals surface area contributed by atoms with Gasteiger partial charge in [0, 0.05) is 76.2 Å². The first-order chi connectivity index (χ1) is 13.5. The highest BCUT2D eigenvalue weighted by atomic mass is 35.5. The number of hydrogen-bond acceptors (Lipinski definition) is 4. The lowest BCUT2D eigenvalue weighted by molar-refractivity contribution is 0.125. The highest BCUT2D eigenvalue weighted by Crippen LogP contribution is 2.19. The van der Waals surface area contributed by atoms with Crippen LogP contribution in [-0.4, -0.2) is 92.7 Å². The Bertz CT molecular complexity index is 618. The van der Waals surface area contributed by atoms with Crippen LogP contribution in [0.15, 0.2) is 29.3 Å². The van der Waals surface area contributed by atoms with Gasteiger partial charge in [0.1, 0.15) is 0 Å². The number of nitrogens with zero attached hydrogens (tertiary/aromatic N) is 5. The summed E-state index contributed by atoms with van der Waals surface area (Å²) in [6, 6.07) is 8.06. The van der Waals surface area contributed by atoms with Crippen molar-refractivity contribution in [1.82, 2.24) is 14.7 Å². The molecular formula is C21H35ClN6. The lowest BCUT2D eigenvalue weighted by Gasteiger charge is -2.37. The molecule has 2 saturated heterocycles. The van der Waals surface area contributed by atoms with Crippen LogP contribution in [0.4, 0.5) is 5.69 Å². The second kappa shape index (κ2) is 10.3. The van der Waals surface area contributed by atoms with Crippen molar-refractivity contribution >= 4 is 23.2 Å². The quantitative estimate of drug-likeness (QED) is 0.578. The first-order valence-electron chi connectivity index (χ1n) is 10.5. The summed E-state index contributed by atoms with van der Waals surface area (Å²) in [5.74, 6) is 1.22. The number of guanidine groups is 1. The predicted octanol–water partition coefficient (Wildman–Crippen LogP) is 2.05. The van der Waals surface area contributed by atoms with Gasteiger partial charge >= 0.3 is 0 Å². The minimum absolute atomic E-state index is 0.530. The number of anilines is 1. The lowest BCUT2D eigenvalue weighted by Crippen LogP contribution is -2.51. The predicted molar refractivity (Wildman–Crippen MR) is 119 cm³/mol. The molecule has 2 aliphatic rings. The summed E-state index contributed by atoms with van der Waals surface area (Å²) in [7, 11) is 0. The van der Waals surface area contributed by atoms with Gasteiger partial charge in [-0.05, 0) is 36.7 Å². The summed E-state index contributed by atoms with van der Waals surface area (Å²) in [6.07, 6.45) is 0. The summed E-state index contributed by atoms with van der Waals surface area (Å²) in [5.41, 5.74) is 7.51. The van der Waals surface area contributed by atoms with Gasteiger partial charge in [0.15, 0.2) is 5.96 Å². The van der Waals surface area contributed by atoms with E-state index in [0.29, 0.717) is 11.9 Å². The Morgan fingerprint density at radius 3 is 2.21 bits per heavy atom. The van der Waals surface area contributed by atoms with Crippen molar-refractivity contribution in [2.75, 3.05) is 76.9 Å². The van der Waals surface area contributed by atoms with Crippen LogP contribution in [0.3, 0.4) is 0 Å². The smallest absolute Gasteiger partial charge is 0.191 e. The second-order valence-corrected chi connectivity index (χ2v) is 8.43. The van der Waals surface area contributed by atoms with Crippen LogP contribution < -0.4 is 10.6 Å². The van der Waals surface area contributed by atoms with E-state index in [1.54, 1.807) is 0 Å². The van der Waals surface area contributed by atoms with Crippen molar-refractivity contribution in [3.8, 4) is 0 Å². The first-order valence-corrected chi connectivity index (χ1v) is 10.9. The maximum absolute atomic E-state index is 6.29. The van der Waals surface area contributed by atoms with E-state index in [0.717, 1.165) is 50.8 Å². The molecule has 1 atom stereocenters. The fourth-order valence-electron chi connectivity index (χ4n) is 3.98. The van der Waals surface area contributed by atoms with Crippen molar-refractivity contribution in [3.05, 3.63) is 29.3 Å². The van der Waals surface area contributed by atoms with E-state index >= 15 is 0 Å². The number of likely N-dealkylation sites (N-methyl/N-ethyl adjacent to an activating group) is 1. The van der Waals surface area contributed by atoms with Gasteiger partial charge in [0.05, 0.1) is 0 Å². The van der Waals surface area contributed by atoms with Crippen molar-refractivity contribution in [1.29, 1.82) is 0 Å². The Labute approximate surface area is 174 Å². The minimum Gasteiger partial charge on any atom is -0.370 e. The van der Waals surface area contributed by atoms with E-state index in [9.17, 15) is 0 Å². The fourth-order valence-corrected chi connectivity index (χ4v) is 4.11. The zero-order valence-corrected chi connectivity index (χ0v) is 18.1. The molecule has 1 aromatic rings. The summed E-state index contributed by atoms with van der Waals surface area (Å²) < 4.78 is 0. The maximum atomic E-state index is 6.29. The van der Waals surface area contributed by atoms with Gasteiger partial charge in [-0.3, -0.25) is 4.99 Å². The molecule has 2 heterocycles. The molecule has 2 N–H and O–H groups in total. The van der Waals surface area contributed by atoms with Crippen LogP contribution >= 0.6 is 11.6 Å². The molecule has 6 nitrogen and oxygen atoms in total. The number of benzene rings is 1. The van der Waals surface area contributed by atoms with Gasteiger partial charge in [-0.15, -0.1) is 0 Å². The van der Waals surface area contributed by atoms with Gasteiger partial charge in [-0.1, -0.05) is 25.4 Å². The molecule has 156 valence electrons. The summed E-state index contributed by atoms with van der Waals surface area (Å²) in [6.45, 7) is 16.0. The normalized spacial score (nSPS) is 21.2. The molecule has 0 spiro atoms. The number of hydrogen-bond donors (Lipinski definition) is 1. The Kier molecular flexibility index (Phi) is 7.82. The third-order valence-corrected chi connectivity index (χ3v) is 6.09. The Balaban J connectivity index is 1.40. The number of piperazine rings is 2. The average Bonchev–Trinajstić information content (AvgIpc) is 2.73. The molecule has 28 heavy (non-hydrogen) atoms. The summed E-state index contributed by atoms with van der Waals surface area (Å²) >= 11 is 5.99. The fraction of sp³-hybridized carbons (Fsp3) is 0.667. The average molecular weight is 407 g/mol. The standard InChI is InChI=1S/C21H35ClN6/c1-3-25-8-10-26(11-9-25)17-18(2)16-24-21(23)28-14-12-27(13-15-28)20-6-4-19(22)5-7-20/h4-7,18H,3,8-17H2,1-2H3,(H2,23,24). The van der Waals surface area contributed by atoms with Crippen molar-refractivity contribution in [2.24, 2.45) is 16.6 Å². The van der Waals surface area contributed by atoms with Crippen molar-refractivity contribution in [2.45, 2.75) is 13.8 Å². The number of aliphatic imine (C=N–C) groups is 1. The maximum Gasteiger partial charge on any atom is 0.191 e. The highest BCUT2D eigenvalue weighted by molar-refractivity contribution is 6.30.